The number of rotatable bonds is 4. The number of benzene rings is 1. The first kappa shape index (κ1) is 17.6. The Hall–Kier alpha value is -3.22. The second-order valence-electron chi connectivity index (χ2n) is 6.21. The van der Waals surface area contributed by atoms with Crippen LogP contribution in [0.5, 0.6) is 0 Å². The molecule has 0 saturated carbocycles. The van der Waals surface area contributed by atoms with E-state index in [2.05, 4.69) is 5.10 Å². The highest BCUT2D eigenvalue weighted by Gasteiger charge is 2.20. The van der Waals surface area contributed by atoms with Crippen molar-refractivity contribution in [2.24, 2.45) is 7.05 Å². The Balaban J connectivity index is 1.96. The summed E-state index contributed by atoms with van der Waals surface area (Å²) in [5, 5.41) is 4.08. The van der Waals surface area contributed by atoms with Gasteiger partial charge in [0.25, 0.3) is 11.5 Å². The normalized spacial score (nSPS) is 10.8. The lowest BCUT2D eigenvalue weighted by atomic mass is 10.1. The number of hydrogen-bond acceptors (Lipinski definition) is 3. The van der Waals surface area contributed by atoms with Gasteiger partial charge in [-0.15, -0.1) is 0 Å². The smallest absolute Gasteiger partial charge is 0.268 e. The highest BCUT2D eigenvalue weighted by Crippen LogP contribution is 2.12. The molecule has 2 aromatic heterocycles. The van der Waals surface area contributed by atoms with Gasteiger partial charge in [-0.05, 0) is 42.8 Å². The highest BCUT2D eigenvalue weighted by atomic mass is 19.1. The predicted octanol–water partition coefficient (Wildman–Crippen LogP) is 2.29. The zero-order chi connectivity index (χ0) is 18.8. The lowest BCUT2D eigenvalue weighted by Gasteiger charge is -2.18. The maximum absolute atomic E-state index is 13.1. The number of aromatic nitrogens is 3. The third-order valence-electron chi connectivity index (χ3n) is 4.14. The van der Waals surface area contributed by atoms with Crippen molar-refractivity contribution in [3.8, 4) is 5.69 Å². The molecule has 134 valence electrons. The van der Waals surface area contributed by atoms with Gasteiger partial charge in [0.15, 0.2) is 0 Å². The maximum atomic E-state index is 13.1. The van der Waals surface area contributed by atoms with Crippen LogP contribution in [0.1, 0.15) is 21.5 Å². The van der Waals surface area contributed by atoms with Crippen LogP contribution in [-0.2, 0) is 13.6 Å². The van der Waals surface area contributed by atoms with E-state index in [0.717, 1.165) is 5.56 Å². The molecule has 0 saturated heterocycles. The Labute approximate surface area is 150 Å². The second-order valence-corrected chi connectivity index (χ2v) is 6.21. The van der Waals surface area contributed by atoms with Crippen molar-refractivity contribution in [2.75, 3.05) is 7.05 Å². The van der Waals surface area contributed by atoms with Gasteiger partial charge in [0.2, 0.25) is 0 Å². The summed E-state index contributed by atoms with van der Waals surface area (Å²) in [6.07, 6.45) is 5.08. The van der Waals surface area contributed by atoms with Gasteiger partial charge >= 0.3 is 0 Å². The summed E-state index contributed by atoms with van der Waals surface area (Å²) in [5.41, 5.74) is 1.63. The van der Waals surface area contributed by atoms with Gasteiger partial charge in [0.05, 0.1) is 6.20 Å². The minimum absolute atomic E-state index is 0.100. The molecule has 3 rings (SSSR count). The van der Waals surface area contributed by atoms with Crippen molar-refractivity contribution in [3.63, 3.8) is 0 Å². The fourth-order valence-electron chi connectivity index (χ4n) is 2.78. The van der Waals surface area contributed by atoms with Crippen LogP contribution in [-0.4, -0.2) is 32.2 Å². The number of hydrogen-bond donors (Lipinski definition) is 0. The van der Waals surface area contributed by atoms with E-state index in [9.17, 15) is 14.0 Å². The Morgan fingerprint density at radius 1 is 1.23 bits per heavy atom. The quantitative estimate of drug-likeness (QED) is 0.722. The fraction of sp³-hybridized carbons (Fsp3) is 0.211. The fourth-order valence-corrected chi connectivity index (χ4v) is 2.78. The van der Waals surface area contributed by atoms with Crippen LogP contribution in [0.3, 0.4) is 0 Å². The minimum Gasteiger partial charge on any atom is -0.337 e. The molecule has 1 amide bonds. The standard InChI is InChI=1S/C19H19FN4O2/c1-13-8-9-24(16-6-4-15(20)5-7-16)19(26)17(13)18(25)22(2)11-14-10-21-23(3)12-14/h4-10,12H,11H2,1-3H3. The Bertz CT molecular complexity index is 1010. The summed E-state index contributed by atoms with van der Waals surface area (Å²) in [4.78, 5) is 27.2. The molecular formula is C19H19FN4O2. The molecular weight excluding hydrogens is 335 g/mol. The van der Waals surface area contributed by atoms with Gasteiger partial charge in [0, 0.05) is 44.3 Å². The Kier molecular flexibility index (Phi) is 4.71. The molecule has 0 bridgehead atoms. The molecule has 1 aromatic carbocycles. The lowest BCUT2D eigenvalue weighted by Crippen LogP contribution is -2.34. The van der Waals surface area contributed by atoms with Crippen molar-refractivity contribution in [3.05, 3.63) is 81.8 Å². The number of carbonyl (C=O) groups is 1. The third-order valence-corrected chi connectivity index (χ3v) is 4.14. The van der Waals surface area contributed by atoms with Crippen molar-refractivity contribution in [1.82, 2.24) is 19.2 Å². The minimum atomic E-state index is -0.431. The van der Waals surface area contributed by atoms with E-state index in [0.29, 0.717) is 17.8 Å². The number of nitrogens with zero attached hydrogens (tertiary/aromatic N) is 4. The van der Waals surface area contributed by atoms with Crippen LogP contribution < -0.4 is 5.56 Å². The van der Waals surface area contributed by atoms with Crippen LogP contribution in [0.4, 0.5) is 4.39 Å². The third kappa shape index (κ3) is 3.42. The number of carbonyl (C=O) groups excluding carboxylic acids is 1. The predicted molar refractivity (Wildman–Crippen MR) is 95.7 cm³/mol. The molecule has 0 N–H and O–H groups in total. The Morgan fingerprint density at radius 3 is 2.54 bits per heavy atom. The van der Waals surface area contributed by atoms with Crippen LogP contribution in [0, 0.1) is 12.7 Å². The van der Waals surface area contributed by atoms with Gasteiger partial charge in [0.1, 0.15) is 11.4 Å². The first-order valence-corrected chi connectivity index (χ1v) is 8.08. The molecule has 0 aliphatic carbocycles. The van der Waals surface area contributed by atoms with E-state index in [1.54, 1.807) is 44.2 Å². The molecule has 3 aromatic rings. The van der Waals surface area contributed by atoms with Gasteiger partial charge in [-0.2, -0.15) is 5.10 Å². The first-order valence-electron chi connectivity index (χ1n) is 8.08. The summed E-state index contributed by atoms with van der Waals surface area (Å²) in [6.45, 7) is 2.07. The van der Waals surface area contributed by atoms with E-state index in [4.69, 9.17) is 0 Å². The van der Waals surface area contributed by atoms with E-state index >= 15 is 0 Å². The van der Waals surface area contributed by atoms with Crippen molar-refractivity contribution < 1.29 is 9.18 Å². The lowest BCUT2D eigenvalue weighted by molar-refractivity contribution is 0.0782. The number of halogens is 1. The van der Waals surface area contributed by atoms with E-state index < -0.39 is 5.56 Å². The van der Waals surface area contributed by atoms with E-state index in [-0.39, 0.29) is 17.3 Å². The average molecular weight is 354 g/mol. The summed E-state index contributed by atoms with van der Waals surface area (Å²) < 4.78 is 16.1. The van der Waals surface area contributed by atoms with Crippen LogP contribution in [0.15, 0.2) is 53.7 Å². The second kappa shape index (κ2) is 6.95. The molecule has 0 spiro atoms. The van der Waals surface area contributed by atoms with Gasteiger partial charge in [-0.25, -0.2) is 4.39 Å². The topological polar surface area (TPSA) is 60.1 Å². The van der Waals surface area contributed by atoms with Crippen LogP contribution in [0.25, 0.3) is 5.69 Å². The van der Waals surface area contributed by atoms with Crippen molar-refractivity contribution >= 4 is 5.91 Å². The highest BCUT2D eigenvalue weighted by molar-refractivity contribution is 5.95. The molecule has 0 aliphatic heterocycles. The molecule has 0 unspecified atom stereocenters. The molecule has 2 heterocycles. The maximum Gasteiger partial charge on any atom is 0.268 e. The largest absolute Gasteiger partial charge is 0.337 e. The molecule has 7 heteroatoms. The van der Waals surface area contributed by atoms with Crippen molar-refractivity contribution in [2.45, 2.75) is 13.5 Å². The average Bonchev–Trinajstić information content (AvgIpc) is 3.01. The van der Waals surface area contributed by atoms with E-state index in [1.807, 2.05) is 6.20 Å². The van der Waals surface area contributed by atoms with E-state index in [1.165, 1.54) is 33.7 Å². The van der Waals surface area contributed by atoms with Gasteiger partial charge in [-0.1, -0.05) is 0 Å². The molecule has 0 radical (unpaired) electrons. The van der Waals surface area contributed by atoms with Crippen LogP contribution in [0.2, 0.25) is 0 Å². The zero-order valence-corrected chi connectivity index (χ0v) is 14.8. The molecule has 26 heavy (non-hydrogen) atoms. The number of aryl methyl sites for hydroxylation is 2. The van der Waals surface area contributed by atoms with Crippen molar-refractivity contribution in [1.29, 1.82) is 0 Å². The number of pyridine rings is 1. The molecule has 0 atom stereocenters. The monoisotopic (exact) mass is 354 g/mol. The Morgan fingerprint density at radius 2 is 1.92 bits per heavy atom. The summed E-state index contributed by atoms with van der Waals surface area (Å²) in [5.74, 6) is -0.755. The first-order chi connectivity index (χ1) is 12.4. The summed E-state index contributed by atoms with van der Waals surface area (Å²) in [7, 11) is 3.44. The molecule has 0 aliphatic rings. The van der Waals surface area contributed by atoms with Gasteiger partial charge in [-0.3, -0.25) is 18.8 Å². The number of amides is 1. The van der Waals surface area contributed by atoms with Crippen LogP contribution >= 0.6 is 0 Å². The SMILES string of the molecule is Cc1ccn(-c2ccc(F)cc2)c(=O)c1C(=O)N(C)Cc1cnn(C)c1. The summed E-state index contributed by atoms with van der Waals surface area (Å²) >= 11 is 0. The zero-order valence-electron chi connectivity index (χ0n) is 14.8. The molecule has 6 nitrogen and oxygen atoms in total. The van der Waals surface area contributed by atoms with Gasteiger partial charge < -0.3 is 4.90 Å². The summed E-state index contributed by atoms with van der Waals surface area (Å²) in [6, 6.07) is 7.25. The molecule has 0 fully saturated rings.